The van der Waals surface area contributed by atoms with E-state index in [0.29, 0.717) is 34.5 Å². The summed E-state index contributed by atoms with van der Waals surface area (Å²) in [6.07, 6.45) is 0. The van der Waals surface area contributed by atoms with Crippen LogP contribution in [-0.4, -0.2) is 20.9 Å². The second-order valence-electron chi connectivity index (χ2n) is 5.55. The maximum atomic E-state index is 12.4. The molecule has 7 heteroatoms. The lowest BCUT2D eigenvalue weighted by Gasteiger charge is -2.07. The Bertz CT molecular complexity index is 908. The van der Waals surface area contributed by atoms with Crippen molar-refractivity contribution in [2.45, 2.75) is 20.0 Å². The first-order valence-corrected chi connectivity index (χ1v) is 8.47. The molecule has 3 aromatic rings. The lowest BCUT2D eigenvalue weighted by atomic mass is 10.2. The average molecular weight is 375 g/mol. The zero-order valence-electron chi connectivity index (χ0n) is 13.5. The summed E-state index contributed by atoms with van der Waals surface area (Å²) in [6.45, 7) is 2.59. The molecule has 0 atom stereocenters. The van der Waals surface area contributed by atoms with Crippen LogP contribution in [0.5, 0.6) is 0 Å². The van der Waals surface area contributed by atoms with Crippen LogP contribution in [0.15, 0.2) is 48.5 Å². The smallest absolute Gasteiger partial charge is 0.274 e. The zero-order chi connectivity index (χ0) is 17.8. The fourth-order valence-electron chi connectivity index (χ4n) is 2.41. The predicted octanol–water partition coefficient (Wildman–Crippen LogP) is 3.87. The van der Waals surface area contributed by atoms with Crippen LogP contribution in [0.1, 0.15) is 27.3 Å². The summed E-state index contributed by atoms with van der Waals surface area (Å²) in [6, 6.07) is 14.9. The van der Waals surface area contributed by atoms with Crippen LogP contribution >= 0.6 is 23.2 Å². The van der Waals surface area contributed by atoms with Gasteiger partial charge in [-0.2, -0.15) is 0 Å². The normalized spacial score (nSPS) is 10.7. The Balaban J connectivity index is 1.71. The lowest BCUT2D eigenvalue weighted by Crippen LogP contribution is -2.24. The van der Waals surface area contributed by atoms with Gasteiger partial charge < -0.3 is 5.32 Å². The van der Waals surface area contributed by atoms with E-state index < -0.39 is 0 Å². The SMILES string of the molecule is Cc1c(C(=O)NCc2ccccc2Cl)nnn1Cc1ccccc1Cl. The largest absolute Gasteiger partial charge is 0.346 e. The molecule has 2 aromatic carbocycles. The third kappa shape index (κ3) is 4.00. The van der Waals surface area contributed by atoms with Crippen molar-refractivity contribution in [3.8, 4) is 0 Å². The van der Waals surface area contributed by atoms with Crippen LogP contribution in [0.2, 0.25) is 10.0 Å². The van der Waals surface area contributed by atoms with E-state index in [-0.39, 0.29) is 5.91 Å². The van der Waals surface area contributed by atoms with Gasteiger partial charge in [-0.05, 0) is 30.2 Å². The predicted molar refractivity (Wildman–Crippen MR) is 97.9 cm³/mol. The Morgan fingerprint density at radius 2 is 1.64 bits per heavy atom. The van der Waals surface area contributed by atoms with Gasteiger partial charge in [0.15, 0.2) is 5.69 Å². The Morgan fingerprint density at radius 3 is 2.28 bits per heavy atom. The monoisotopic (exact) mass is 374 g/mol. The molecule has 0 saturated heterocycles. The number of nitrogens with zero attached hydrogens (tertiary/aromatic N) is 3. The van der Waals surface area contributed by atoms with Gasteiger partial charge >= 0.3 is 0 Å². The summed E-state index contributed by atoms with van der Waals surface area (Å²) in [7, 11) is 0. The number of benzene rings is 2. The Hall–Kier alpha value is -2.37. The summed E-state index contributed by atoms with van der Waals surface area (Å²) in [5.74, 6) is -0.289. The number of aromatic nitrogens is 3. The number of amides is 1. The Morgan fingerprint density at radius 1 is 1.04 bits per heavy atom. The highest BCUT2D eigenvalue weighted by molar-refractivity contribution is 6.31. The second-order valence-corrected chi connectivity index (χ2v) is 6.36. The van der Waals surface area contributed by atoms with E-state index in [1.165, 1.54) is 0 Å². The van der Waals surface area contributed by atoms with E-state index in [4.69, 9.17) is 23.2 Å². The molecule has 3 rings (SSSR count). The van der Waals surface area contributed by atoms with Crippen LogP contribution in [0.4, 0.5) is 0 Å². The molecule has 1 heterocycles. The molecule has 128 valence electrons. The molecule has 0 saturated carbocycles. The highest BCUT2D eigenvalue weighted by Gasteiger charge is 2.17. The molecule has 25 heavy (non-hydrogen) atoms. The molecule has 0 bridgehead atoms. The van der Waals surface area contributed by atoms with Crippen molar-refractivity contribution in [1.82, 2.24) is 20.3 Å². The lowest BCUT2D eigenvalue weighted by molar-refractivity contribution is 0.0945. The van der Waals surface area contributed by atoms with Crippen LogP contribution in [-0.2, 0) is 13.1 Å². The van der Waals surface area contributed by atoms with Crippen molar-refractivity contribution in [2.75, 3.05) is 0 Å². The minimum absolute atomic E-state index is 0.289. The highest BCUT2D eigenvalue weighted by Crippen LogP contribution is 2.17. The van der Waals surface area contributed by atoms with Crippen molar-refractivity contribution >= 4 is 29.1 Å². The third-order valence-corrected chi connectivity index (χ3v) is 4.61. The number of hydrogen-bond donors (Lipinski definition) is 1. The fourth-order valence-corrected chi connectivity index (χ4v) is 2.81. The van der Waals surface area contributed by atoms with Gasteiger partial charge in [-0.15, -0.1) is 5.10 Å². The Labute approximate surface area is 155 Å². The molecule has 0 aliphatic carbocycles. The van der Waals surface area contributed by atoms with E-state index in [2.05, 4.69) is 15.6 Å². The molecule has 0 unspecified atom stereocenters. The van der Waals surface area contributed by atoms with Crippen molar-refractivity contribution in [3.63, 3.8) is 0 Å². The standard InChI is InChI=1S/C18H16Cl2N4O/c1-12-17(18(25)21-10-13-6-2-4-8-15(13)19)22-23-24(12)11-14-7-3-5-9-16(14)20/h2-9H,10-11H2,1H3,(H,21,25). The Kier molecular flexibility index (Phi) is 5.36. The molecule has 1 aromatic heterocycles. The first kappa shape index (κ1) is 17.5. The molecule has 0 aliphatic rings. The molecule has 0 spiro atoms. The summed E-state index contributed by atoms with van der Waals surface area (Å²) >= 11 is 12.3. The summed E-state index contributed by atoms with van der Waals surface area (Å²) < 4.78 is 1.66. The minimum atomic E-state index is -0.289. The first-order chi connectivity index (χ1) is 12.1. The van der Waals surface area contributed by atoms with E-state index in [9.17, 15) is 4.79 Å². The van der Waals surface area contributed by atoms with E-state index >= 15 is 0 Å². The molecule has 0 aliphatic heterocycles. The van der Waals surface area contributed by atoms with Crippen molar-refractivity contribution in [1.29, 1.82) is 0 Å². The van der Waals surface area contributed by atoms with Crippen LogP contribution < -0.4 is 5.32 Å². The molecule has 1 amide bonds. The van der Waals surface area contributed by atoms with Crippen LogP contribution in [0, 0.1) is 6.92 Å². The van der Waals surface area contributed by atoms with Gasteiger partial charge in [0.05, 0.1) is 12.2 Å². The van der Waals surface area contributed by atoms with Gasteiger partial charge in [-0.1, -0.05) is 64.8 Å². The van der Waals surface area contributed by atoms with Gasteiger partial charge in [0.1, 0.15) is 0 Å². The molecule has 5 nitrogen and oxygen atoms in total. The summed E-state index contributed by atoms with van der Waals surface area (Å²) in [5, 5.41) is 12.2. The molecular weight excluding hydrogens is 359 g/mol. The molecular formula is C18H16Cl2N4O. The maximum Gasteiger partial charge on any atom is 0.274 e. The average Bonchev–Trinajstić information content (AvgIpc) is 2.97. The number of nitrogens with one attached hydrogen (secondary N) is 1. The van der Waals surface area contributed by atoms with E-state index in [0.717, 1.165) is 11.1 Å². The fraction of sp³-hybridized carbons (Fsp3) is 0.167. The van der Waals surface area contributed by atoms with Crippen LogP contribution in [0.25, 0.3) is 0 Å². The minimum Gasteiger partial charge on any atom is -0.346 e. The highest BCUT2D eigenvalue weighted by atomic mass is 35.5. The van der Waals surface area contributed by atoms with E-state index in [1.54, 1.807) is 17.7 Å². The number of rotatable bonds is 5. The molecule has 0 radical (unpaired) electrons. The van der Waals surface area contributed by atoms with Gasteiger partial charge in [-0.3, -0.25) is 4.79 Å². The second kappa shape index (κ2) is 7.68. The van der Waals surface area contributed by atoms with Gasteiger partial charge in [0.2, 0.25) is 0 Å². The van der Waals surface area contributed by atoms with E-state index in [1.807, 2.05) is 42.5 Å². The number of carbonyl (C=O) groups is 1. The van der Waals surface area contributed by atoms with Crippen LogP contribution in [0.3, 0.4) is 0 Å². The van der Waals surface area contributed by atoms with Gasteiger partial charge in [0, 0.05) is 16.6 Å². The summed E-state index contributed by atoms with van der Waals surface area (Å²) in [5.41, 5.74) is 2.73. The quantitative estimate of drug-likeness (QED) is 0.737. The number of halogens is 2. The summed E-state index contributed by atoms with van der Waals surface area (Å²) in [4.78, 5) is 12.4. The third-order valence-electron chi connectivity index (χ3n) is 3.87. The van der Waals surface area contributed by atoms with Gasteiger partial charge in [-0.25, -0.2) is 4.68 Å². The molecule has 1 N–H and O–H groups in total. The topological polar surface area (TPSA) is 59.8 Å². The van der Waals surface area contributed by atoms with Gasteiger partial charge in [0.25, 0.3) is 5.91 Å². The number of hydrogen-bond acceptors (Lipinski definition) is 3. The van der Waals surface area contributed by atoms with Crippen molar-refractivity contribution < 1.29 is 4.79 Å². The number of carbonyl (C=O) groups excluding carboxylic acids is 1. The first-order valence-electron chi connectivity index (χ1n) is 7.71. The maximum absolute atomic E-state index is 12.4. The molecule has 0 fully saturated rings. The zero-order valence-corrected chi connectivity index (χ0v) is 15.1. The van der Waals surface area contributed by atoms with Crippen molar-refractivity contribution in [2.24, 2.45) is 0 Å². The van der Waals surface area contributed by atoms with Crippen molar-refractivity contribution in [3.05, 3.63) is 81.1 Å².